The zero-order chi connectivity index (χ0) is 13.5. The molecule has 0 saturated carbocycles. The van der Waals surface area contributed by atoms with Crippen LogP contribution in [0.1, 0.15) is 5.56 Å². The number of benzene rings is 1. The number of nitrogens with one attached hydrogen (secondary N) is 1. The Labute approximate surface area is 118 Å². The number of halogens is 3. The molecule has 0 heterocycles. The zero-order valence-electron chi connectivity index (χ0n) is 9.46. The highest BCUT2D eigenvalue weighted by Gasteiger charge is 2.04. The summed E-state index contributed by atoms with van der Waals surface area (Å²) in [6.07, 6.45) is -2.43. The quantitative estimate of drug-likeness (QED) is 0.592. The van der Waals surface area contributed by atoms with Gasteiger partial charge < -0.3 is 15.8 Å². The van der Waals surface area contributed by atoms with Crippen molar-refractivity contribution in [2.45, 2.75) is 6.43 Å². The summed E-state index contributed by atoms with van der Waals surface area (Å²) in [5, 5.41) is 3.04. The summed E-state index contributed by atoms with van der Waals surface area (Å²) in [6, 6.07) is 5.42. The molecule has 0 atom stereocenters. The van der Waals surface area contributed by atoms with E-state index < -0.39 is 13.0 Å². The van der Waals surface area contributed by atoms with Crippen molar-refractivity contribution in [1.82, 2.24) is 0 Å². The van der Waals surface area contributed by atoms with Crippen molar-refractivity contribution in [3.63, 3.8) is 0 Å². The van der Waals surface area contributed by atoms with Crippen LogP contribution in [-0.4, -0.2) is 31.2 Å². The second-order valence-electron chi connectivity index (χ2n) is 3.45. The molecular formula is C11H13BrF2N2OS. The molecule has 1 rings (SSSR count). The van der Waals surface area contributed by atoms with Crippen molar-refractivity contribution in [1.29, 1.82) is 0 Å². The minimum atomic E-state index is -2.43. The second-order valence-corrected chi connectivity index (χ2v) is 4.75. The first-order valence-electron chi connectivity index (χ1n) is 5.20. The summed E-state index contributed by atoms with van der Waals surface area (Å²) < 4.78 is 29.1. The normalized spacial score (nSPS) is 10.7. The van der Waals surface area contributed by atoms with Crippen molar-refractivity contribution >= 4 is 38.8 Å². The van der Waals surface area contributed by atoms with Crippen LogP contribution < -0.4 is 11.1 Å². The minimum Gasteiger partial charge on any atom is -0.389 e. The van der Waals surface area contributed by atoms with Crippen molar-refractivity contribution in [2.75, 3.05) is 25.1 Å². The van der Waals surface area contributed by atoms with Gasteiger partial charge in [0.2, 0.25) is 0 Å². The number of thiocarbonyl (C=S) groups is 1. The molecular weight excluding hydrogens is 326 g/mol. The highest BCUT2D eigenvalue weighted by Crippen LogP contribution is 2.21. The van der Waals surface area contributed by atoms with Crippen LogP contribution in [0.5, 0.6) is 0 Å². The number of alkyl halides is 2. The predicted molar refractivity (Wildman–Crippen MR) is 75.3 cm³/mol. The van der Waals surface area contributed by atoms with Crippen molar-refractivity contribution in [3.05, 3.63) is 28.2 Å². The van der Waals surface area contributed by atoms with Crippen molar-refractivity contribution in [2.24, 2.45) is 5.73 Å². The van der Waals surface area contributed by atoms with E-state index in [4.69, 9.17) is 22.7 Å². The fourth-order valence-corrected chi connectivity index (χ4v) is 2.17. The van der Waals surface area contributed by atoms with E-state index in [1.807, 2.05) is 12.1 Å². The molecule has 0 fully saturated rings. The molecule has 0 aliphatic carbocycles. The Kier molecular flexibility index (Phi) is 6.45. The van der Waals surface area contributed by atoms with Gasteiger partial charge in [0.25, 0.3) is 6.43 Å². The number of anilines is 1. The smallest absolute Gasteiger partial charge is 0.261 e. The second kappa shape index (κ2) is 7.60. The summed E-state index contributed by atoms with van der Waals surface area (Å²) in [4.78, 5) is 0.314. The highest BCUT2D eigenvalue weighted by molar-refractivity contribution is 9.10. The number of ether oxygens (including phenoxy) is 1. The summed E-state index contributed by atoms with van der Waals surface area (Å²) in [5.41, 5.74) is 7.11. The first kappa shape index (κ1) is 15.3. The van der Waals surface area contributed by atoms with Gasteiger partial charge in [0.1, 0.15) is 11.6 Å². The van der Waals surface area contributed by atoms with Crippen LogP contribution in [0.3, 0.4) is 0 Å². The van der Waals surface area contributed by atoms with E-state index in [9.17, 15) is 8.78 Å². The fraction of sp³-hybridized carbons (Fsp3) is 0.364. The molecule has 0 saturated heterocycles. The maximum absolute atomic E-state index is 11.8. The van der Waals surface area contributed by atoms with E-state index in [-0.39, 0.29) is 6.61 Å². The Balaban J connectivity index is 2.39. The van der Waals surface area contributed by atoms with Crippen LogP contribution >= 0.6 is 28.1 Å². The van der Waals surface area contributed by atoms with E-state index in [1.54, 1.807) is 6.07 Å². The van der Waals surface area contributed by atoms with Crippen LogP contribution in [0.25, 0.3) is 0 Å². The summed E-state index contributed by atoms with van der Waals surface area (Å²) in [7, 11) is 0. The molecule has 0 radical (unpaired) electrons. The molecule has 7 heteroatoms. The zero-order valence-corrected chi connectivity index (χ0v) is 11.9. The Morgan fingerprint density at radius 1 is 1.50 bits per heavy atom. The molecule has 0 amide bonds. The van der Waals surface area contributed by atoms with Crippen LogP contribution in [0.2, 0.25) is 0 Å². The van der Waals surface area contributed by atoms with Crippen LogP contribution in [0, 0.1) is 0 Å². The molecule has 100 valence electrons. The average molecular weight is 339 g/mol. The van der Waals surface area contributed by atoms with E-state index >= 15 is 0 Å². The van der Waals surface area contributed by atoms with Crippen LogP contribution in [0.15, 0.2) is 22.7 Å². The lowest BCUT2D eigenvalue weighted by Gasteiger charge is -2.09. The number of hydrogen-bond donors (Lipinski definition) is 2. The topological polar surface area (TPSA) is 47.3 Å². The number of rotatable bonds is 7. The molecule has 0 aromatic heterocycles. The van der Waals surface area contributed by atoms with Gasteiger partial charge >= 0.3 is 0 Å². The molecule has 0 unspecified atom stereocenters. The largest absolute Gasteiger partial charge is 0.389 e. The third-order valence-electron chi connectivity index (χ3n) is 2.05. The van der Waals surface area contributed by atoms with Gasteiger partial charge in [-0.25, -0.2) is 8.78 Å². The van der Waals surface area contributed by atoms with Gasteiger partial charge in [-0.05, 0) is 34.1 Å². The van der Waals surface area contributed by atoms with Gasteiger partial charge in [0.15, 0.2) is 0 Å². The van der Waals surface area contributed by atoms with Crippen LogP contribution in [-0.2, 0) is 4.74 Å². The van der Waals surface area contributed by atoms with Gasteiger partial charge in [-0.3, -0.25) is 0 Å². The van der Waals surface area contributed by atoms with Gasteiger partial charge in [-0.1, -0.05) is 12.2 Å². The molecule has 3 nitrogen and oxygen atoms in total. The van der Waals surface area contributed by atoms with Gasteiger partial charge in [-0.2, -0.15) is 0 Å². The summed E-state index contributed by atoms with van der Waals surface area (Å²) in [6.45, 7) is 0.135. The highest BCUT2D eigenvalue weighted by atomic mass is 79.9. The molecule has 0 spiro atoms. The number of nitrogens with two attached hydrogens (primary N) is 1. The van der Waals surface area contributed by atoms with Crippen LogP contribution in [0.4, 0.5) is 14.5 Å². The average Bonchev–Trinajstić information content (AvgIpc) is 2.27. The Morgan fingerprint density at radius 3 is 2.78 bits per heavy atom. The number of hydrogen-bond acceptors (Lipinski definition) is 3. The Morgan fingerprint density at radius 2 is 2.22 bits per heavy atom. The molecule has 1 aromatic rings. The summed E-state index contributed by atoms with van der Waals surface area (Å²) in [5.74, 6) is 0. The van der Waals surface area contributed by atoms with E-state index in [2.05, 4.69) is 21.2 Å². The Hall–Kier alpha value is -0.790. The molecule has 18 heavy (non-hydrogen) atoms. The minimum absolute atomic E-state index is 0.221. The first-order chi connectivity index (χ1) is 8.50. The lowest BCUT2D eigenvalue weighted by Crippen LogP contribution is -2.14. The van der Waals surface area contributed by atoms with Crippen molar-refractivity contribution < 1.29 is 13.5 Å². The first-order valence-corrected chi connectivity index (χ1v) is 6.40. The lowest BCUT2D eigenvalue weighted by molar-refractivity contribution is 0.0215. The molecule has 1 aromatic carbocycles. The van der Waals surface area contributed by atoms with E-state index in [1.165, 1.54) is 0 Å². The maximum atomic E-state index is 11.8. The molecule has 3 N–H and O–H groups in total. The maximum Gasteiger partial charge on any atom is 0.261 e. The summed E-state index contributed by atoms with van der Waals surface area (Å²) >= 11 is 8.23. The molecule has 0 bridgehead atoms. The fourth-order valence-electron chi connectivity index (χ4n) is 1.26. The third-order valence-corrected chi connectivity index (χ3v) is 2.93. The van der Waals surface area contributed by atoms with Gasteiger partial charge in [-0.15, -0.1) is 0 Å². The standard InChI is InChI=1S/C11H13BrF2N2OS/c12-9-5-7(1-2-8(9)11(15)18)16-3-4-17-6-10(13)14/h1-2,5,10,16H,3-4,6H2,(H2,15,18). The molecule has 0 aliphatic rings. The van der Waals surface area contributed by atoms with Gasteiger partial charge in [0.05, 0.1) is 6.61 Å². The van der Waals surface area contributed by atoms with E-state index in [0.29, 0.717) is 11.5 Å². The van der Waals surface area contributed by atoms with E-state index in [0.717, 1.165) is 15.7 Å². The molecule has 0 aliphatic heterocycles. The van der Waals surface area contributed by atoms with Crippen molar-refractivity contribution in [3.8, 4) is 0 Å². The third kappa shape index (κ3) is 5.24. The van der Waals surface area contributed by atoms with Gasteiger partial charge in [0, 0.05) is 22.3 Å². The Bertz CT molecular complexity index is 418. The monoisotopic (exact) mass is 338 g/mol. The predicted octanol–water partition coefficient (Wildman–Crippen LogP) is 2.78. The lowest BCUT2D eigenvalue weighted by atomic mass is 10.2. The SMILES string of the molecule is NC(=S)c1ccc(NCCOCC(F)F)cc1Br.